The Morgan fingerprint density at radius 3 is 2.45 bits per heavy atom. The Morgan fingerprint density at radius 2 is 2.05 bits per heavy atom. The molecule has 0 aliphatic carbocycles. The van der Waals surface area contributed by atoms with Crippen molar-refractivity contribution in [2.24, 2.45) is 11.5 Å². The van der Waals surface area contributed by atoms with Crippen molar-refractivity contribution in [3.63, 3.8) is 0 Å². The summed E-state index contributed by atoms with van der Waals surface area (Å²) >= 11 is 0. The highest BCUT2D eigenvalue weighted by molar-refractivity contribution is 5.49. The molecular weight excluding hydrogens is 303 g/mol. The molecule has 0 spiro atoms. The van der Waals surface area contributed by atoms with Crippen molar-refractivity contribution in [1.29, 1.82) is 0 Å². The predicted molar refractivity (Wildman–Crippen MR) is 73.9 cm³/mol. The summed E-state index contributed by atoms with van der Waals surface area (Å²) in [7, 11) is 0. The lowest BCUT2D eigenvalue weighted by atomic mass is 10.1. The van der Waals surface area contributed by atoms with Crippen LogP contribution in [0.2, 0.25) is 0 Å². The normalized spacial score (nSPS) is 14.3. The number of hydrogen-bond acceptors (Lipinski definition) is 5. The number of nitrogens with two attached hydrogens (primary N) is 2. The highest BCUT2D eigenvalue weighted by Crippen LogP contribution is 2.36. The van der Waals surface area contributed by atoms with Crippen LogP contribution in [0.15, 0.2) is 29.5 Å². The Morgan fingerprint density at radius 1 is 1.45 bits per heavy atom. The van der Waals surface area contributed by atoms with Crippen molar-refractivity contribution >= 4 is 5.69 Å². The van der Waals surface area contributed by atoms with Gasteiger partial charge in [-0.25, -0.2) is 0 Å². The Balaban J connectivity index is 3.21. The summed E-state index contributed by atoms with van der Waals surface area (Å²) in [5, 5.41) is 10.9. The molecule has 0 heterocycles. The summed E-state index contributed by atoms with van der Waals surface area (Å²) in [5.74, 6) is -0.349. The van der Waals surface area contributed by atoms with Gasteiger partial charge in [0.05, 0.1) is 10.5 Å². The highest BCUT2D eigenvalue weighted by Gasteiger charge is 2.33. The molecule has 6 nitrogen and oxygen atoms in total. The average molecular weight is 319 g/mol. The number of nitrogens with zero attached hydrogens (tertiary/aromatic N) is 1. The molecule has 0 saturated heterocycles. The first-order valence-corrected chi connectivity index (χ1v) is 6.30. The smallest absolute Gasteiger partial charge is 0.416 e. The van der Waals surface area contributed by atoms with E-state index in [1.54, 1.807) is 13.8 Å². The molecule has 4 N–H and O–H groups in total. The first-order chi connectivity index (χ1) is 10.1. The molecule has 1 rings (SSSR count). The number of alkyl halides is 3. The quantitative estimate of drug-likeness (QED) is 0.493. The molecule has 0 aliphatic heterocycles. The minimum Gasteiger partial charge on any atom is -0.464 e. The number of ether oxygens (including phenoxy) is 1. The molecule has 9 heteroatoms. The maximum atomic E-state index is 12.6. The van der Waals surface area contributed by atoms with E-state index < -0.39 is 28.6 Å². The standard InChI is InChI=1S/C13H16F3N3O3/c1-3-9(7(2)17)12(18)22-11-5-4-8(13(14,15)16)6-10(11)19(20)21/h4-6,12H,3,17-18H2,1-2H3/b9-7-. The molecule has 0 aliphatic rings. The second-order valence-corrected chi connectivity index (χ2v) is 4.54. The van der Waals surface area contributed by atoms with Crippen LogP contribution < -0.4 is 16.2 Å². The molecule has 0 fully saturated rings. The number of benzene rings is 1. The van der Waals surface area contributed by atoms with E-state index in [4.69, 9.17) is 16.2 Å². The van der Waals surface area contributed by atoms with E-state index in [0.717, 1.165) is 6.07 Å². The van der Waals surface area contributed by atoms with Gasteiger partial charge in [0, 0.05) is 17.3 Å². The molecule has 0 radical (unpaired) electrons. The molecule has 1 aromatic rings. The Hall–Kier alpha value is -2.29. The van der Waals surface area contributed by atoms with Crippen LogP contribution in [0, 0.1) is 10.1 Å². The van der Waals surface area contributed by atoms with Crippen LogP contribution in [0.25, 0.3) is 0 Å². The summed E-state index contributed by atoms with van der Waals surface area (Å²) < 4.78 is 43.0. The molecule has 22 heavy (non-hydrogen) atoms. The molecule has 122 valence electrons. The van der Waals surface area contributed by atoms with E-state index >= 15 is 0 Å². The number of hydrogen-bond donors (Lipinski definition) is 2. The third kappa shape index (κ3) is 4.10. The topological polar surface area (TPSA) is 104 Å². The Bertz CT molecular complexity index is 596. The van der Waals surface area contributed by atoms with Crippen molar-refractivity contribution in [3.05, 3.63) is 45.1 Å². The monoisotopic (exact) mass is 319 g/mol. The third-order valence-corrected chi connectivity index (χ3v) is 2.97. The summed E-state index contributed by atoms with van der Waals surface area (Å²) in [6.07, 6.45) is -5.32. The molecule has 0 saturated carbocycles. The van der Waals surface area contributed by atoms with Gasteiger partial charge in [-0.05, 0) is 25.5 Å². The highest BCUT2D eigenvalue weighted by atomic mass is 19.4. The van der Waals surface area contributed by atoms with Gasteiger partial charge in [-0.3, -0.25) is 15.8 Å². The summed E-state index contributed by atoms with van der Waals surface area (Å²) in [6.45, 7) is 3.35. The number of rotatable bonds is 5. The zero-order valence-corrected chi connectivity index (χ0v) is 12.0. The van der Waals surface area contributed by atoms with Gasteiger partial charge in [-0.15, -0.1) is 0 Å². The van der Waals surface area contributed by atoms with Crippen LogP contribution in [-0.4, -0.2) is 11.2 Å². The van der Waals surface area contributed by atoms with Crippen LogP contribution >= 0.6 is 0 Å². The van der Waals surface area contributed by atoms with E-state index in [-0.39, 0.29) is 5.75 Å². The minimum absolute atomic E-state index is 0.349. The first-order valence-electron chi connectivity index (χ1n) is 6.30. The van der Waals surface area contributed by atoms with Gasteiger partial charge >= 0.3 is 11.9 Å². The van der Waals surface area contributed by atoms with Gasteiger partial charge in [0.2, 0.25) is 0 Å². The zero-order chi connectivity index (χ0) is 17.1. The maximum absolute atomic E-state index is 12.6. The average Bonchev–Trinajstić information content (AvgIpc) is 2.37. The van der Waals surface area contributed by atoms with Crippen LogP contribution in [0.4, 0.5) is 18.9 Å². The lowest BCUT2D eigenvalue weighted by molar-refractivity contribution is -0.386. The Kier molecular flexibility index (Phi) is 5.37. The van der Waals surface area contributed by atoms with Crippen LogP contribution in [0.3, 0.4) is 0 Å². The number of halogens is 3. The number of allylic oxidation sites excluding steroid dienone is 1. The second-order valence-electron chi connectivity index (χ2n) is 4.54. The van der Waals surface area contributed by atoms with E-state index in [9.17, 15) is 23.3 Å². The van der Waals surface area contributed by atoms with Gasteiger partial charge < -0.3 is 10.5 Å². The van der Waals surface area contributed by atoms with Crippen molar-refractivity contribution in [1.82, 2.24) is 0 Å². The maximum Gasteiger partial charge on any atom is 0.416 e. The zero-order valence-electron chi connectivity index (χ0n) is 12.0. The van der Waals surface area contributed by atoms with Gasteiger partial charge in [-0.1, -0.05) is 6.92 Å². The lowest BCUT2D eigenvalue weighted by Gasteiger charge is -2.18. The fourth-order valence-corrected chi connectivity index (χ4v) is 1.85. The Labute approximate surface area is 124 Å². The van der Waals surface area contributed by atoms with Crippen molar-refractivity contribution < 1.29 is 22.8 Å². The van der Waals surface area contributed by atoms with Gasteiger partial charge in [0.1, 0.15) is 0 Å². The fraction of sp³-hybridized carbons (Fsp3) is 0.385. The van der Waals surface area contributed by atoms with E-state index in [0.29, 0.717) is 29.8 Å². The van der Waals surface area contributed by atoms with E-state index in [2.05, 4.69) is 0 Å². The van der Waals surface area contributed by atoms with Crippen LogP contribution in [0.1, 0.15) is 25.8 Å². The molecular formula is C13H16F3N3O3. The summed E-state index contributed by atoms with van der Waals surface area (Å²) in [4.78, 5) is 9.98. The molecule has 1 aromatic carbocycles. The van der Waals surface area contributed by atoms with E-state index in [1.807, 2.05) is 0 Å². The molecule has 0 amide bonds. The second kappa shape index (κ2) is 6.65. The summed E-state index contributed by atoms with van der Waals surface area (Å²) in [6, 6.07) is 1.98. The fourth-order valence-electron chi connectivity index (χ4n) is 1.85. The largest absolute Gasteiger partial charge is 0.464 e. The molecule has 0 bridgehead atoms. The molecule has 1 unspecified atom stereocenters. The van der Waals surface area contributed by atoms with Gasteiger partial charge in [0.15, 0.2) is 12.0 Å². The van der Waals surface area contributed by atoms with Crippen LogP contribution in [-0.2, 0) is 6.18 Å². The number of nitro groups is 1. The van der Waals surface area contributed by atoms with Gasteiger partial charge in [-0.2, -0.15) is 13.2 Å². The van der Waals surface area contributed by atoms with Crippen molar-refractivity contribution in [3.8, 4) is 5.75 Å². The van der Waals surface area contributed by atoms with Crippen molar-refractivity contribution in [2.75, 3.05) is 0 Å². The molecule has 1 atom stereocenters. The van der Waals surface area contributed by atoms with Gasteiger partial charge in [0.25, 0.3) is 0 Å². The van der Waals surface area contributed by atoms with E-state index in [1.165, 1.54) is 0 Å². The third-order valence-electron chi connectivity index (χ3n) is 2.97. The van der Waals surface area contributed by atoms with Crippen LogP contribution in [0.5, 0.6) is 5.75 Å². The van der Waals surface area contributed by atoms with Crippen molar-refractivity contribution in [2.45, 2.75) is 32.7 Å². The first kappa shape index (κ1) is 17.8. The predicted octanol–water partition coefficient (Wildman–Crippen LogP) is 2.92. The SMILES string of the molecule is CC/C(=C(\C)N)C(N)Oc1ccc(C(F)(F)F)cc1[N+](=O)[O-]. The number of nitro benzene ring substituents is 1. The summed E-state index contributed by atoms with van der Waals surface area (Å²) in [5.41, 5.74) is 10.3. The lowest BCUT2D eigenvalue weighted by Crippen LogP contribution is -2.31. The molecule has 0 aromatic heterocycles. The minimum atomic E-state index is -4.69.